The zero-order valence-corrected chi connectivity index (χ0v) is 11.7. The van der Waals surface area contributed by atoms with Crippen molar-refractivity contribution in [1.82, 2.24) is 0 Å². The van der Waals surface area contributed by atoms with Gasteiger partial charge in [0.05, 0.1) is 17.1 Å². The van der Waals surface area contributed by atoms with E-state index in [0.717, 1.165) is 18.8 Å². The number of ether oxygens (including phenoxy) is 1. The molecule has 2 rings (SSSR count). The lowest BCUT2D eigenvalue weighted by Gasteiger charge is -2.28. The first-order valence-corrected chi connectivity index (χ1v) is 6.62. The van der Waals surface area contributed by atoms with E-state index in [4.69, 9.17) is 10.5 Å². The Hall–Kier alpha value is -1.91. The molecular formula is C14H21N3O2. The molecule has 5 nitrogen and oxygen atoms in total. The second kappa shape index (κ2) is 5.38. The van der Waals surface area contributed by atoms with Crippen molar-refractivity contribution >= 4 is 23.0 Å². The normalized spacial score (nSPS) is 13.8. The third-order valence-corrected chi connectivity index (χ3v) is 3.07. The van der Waals surface area contributed by atoms with Crippen LogP contribution in [0.15, 0.2) is 12.1 Å². The van der Waals surface area contributed by atoms with Gasteiger partial charge in [-0.1, -0.05) is 13.8 Å². The summed E-state index contributed by atoms with van der Waals surface area (Å²) in [5, 5.41) is 2.81. The molecule has 1 aromatic carbocycles. The number of rotatable bonds is 4. The maximum Gasteiger partial charge on any atom is 0.262 e. The molecule has 0 saturated carbocycles. The highest BCUT2D eigenvalue weighted by Crippen LogP contribution is 2.37. The summed E-state index contributed by atoms with van der Waals surface area (Å²) in [6, 6.07) is 3.68. The van der Waals surface area contributed by atoms with E-state index in [9.17, 15) is 4.79 Å². The molecule has 3 N–H and O–H groups in total. The number of nitrogens with two attached hydrogens (primary N) is 1. The van der Waals surface area contributed by atoms with E-state index in [1.165, 1.54) is 0 Å². The molecular weight excluding hydrogens is 242 g/mol. The molecule has 0 fully saturated rings. The Labute approximate surface area is 113 Å². The van der Waals surface area contributed by atoms with Gasteiger partial charge in [0.25, 0.3) is 5.91 Å². The minimum absolute atomic E-state index is 0.0509. The van der Waals surface area contributed by atoms with Gasteiger partial charge >= 0.3 is 0 Å². The number of anilines is 3. The fraction of sp³-hybridized carbons (Fsp3) is 0.500. The molecule has 0 spiro atoms. The molecule has 0 aliphatic carbocycles. The lowest BCUT2D eigenvalue weighted by atomic mass is 10.1. The molecule has 0 radical (unpaired) electrons. The van der Waals surface area contributed by atoms with Gasteiger partial charge in [-0.05, 0) is 18.9 Å². The van der Waals surface area contributed by atoms with E-state index in [-0.39, 0.29) is 12.5 Å². The SMILES string of the molecule is CCN(CC(C)C)c1cc2c(cc1N)OCC(=O)N2. The minimum Gasteiger partial charge on any atom is -0.482 e. The number of benzene rings is 1. The van der Waals surface area contributed by atoms with Crippen LogP contribution in [0.3, 0.4) is 0 Å². The fourth-order valence-corrected chi connectivity index (χ4v) is 2.24. The van der Waals surface area contributed by atoms with Crippen molar-refractivity contribution in [2.75, 3.05) is 35.6 Å². The molecule has 19 heavy (non-hydrogen) atoms. The van der Waals surface area contributed by atoms with E-state index in [1.807, 2.05) is 6.07 Å². The number of fused-ring (bicyclic) bond motifs is 1. The number of carbonyl (C=O) groups excluding carboxylic acids is 1. The van der Waals surface area contributed by atoms with Crippen LogP contribution in [0.4, 0.5) is 17.1 Å². The molecule has 5 heteroatoms. The van der Waals surface area contributed by atoms with Crippen LogP contribution in [0.5, 0.6) is 5.75 Å². The van der Waals surface area contributed by atoms with Crippen LogP contribution in [0.2, 0.25) is 0 Å². The van der Waals surface area contributed by atoms with Gasteiger partial charge in [-0.2, -0.15) is 0 Å². The van der Waals surface area contributed by atoms with Gasteiger partial charge in [0.1, 0.15) is 5.75 Å². The van der Waals surface area contributed by atoms with Gasteiger partial charge < -0.3 is 20.7 Å². The molecule has 1 amide bonds. The van der Waals surface area contributed by atoms with Crippen molar-refractivity contribution in [3.63, 3.8) is 0 Å². The Morgan fingerprint density at radius 3 is 2.84 bits per heavy atom. The van der Waals surface area contributed by atoms with Crippen molar-refractivity contribution in [3.05, 3.63) is 12.1 Å². The highest BCUT2D eigenvalue weighted by Gasteiger charge is 2.20. The van der Waals surface area contributed by atoms with Crippen molar-refractivity contribution in [1.29, 1.82) is 0 Å². The van der Waals surface area contributed by atoms with E-state index in [0.29, 0.717) is 23.0 Å². The van der Waals surface area contributed by atoms with Crippen LogP contribution in [0, 0.1) is 5.92 Å². The van der Waals surface area contributed by atoms with Crippen molar-refractivity contribution in [2.45, 2.75) is 20.8 Å². The molecule has 0 bridgehead atoms. The predicted octanol–water partition coefficient (Wildman–Crippen LogP) is 2.08. The molecule has 0 saturated heterocycles. The van der Waals surface area contributed by atoms with Crippen LogP contribution < -0.4 is 20.7 Å². The fourth-order valence-electron chi connectivity index (χ4n) is 2.24. The third-order valence-electron chi connectivity index (χ3n) is 3.07. The Morgan fingerprint density at radius 2 is 2.21 bits per heavy atom. The van der Waals surface area contributed by atoms with E-state index in [2.05, 4.69) is 31.0 Å². The summed E-state index contributed by atoms with van der Waals surface area (Å²) in [5.74, 6) is 1.05. The van der Waals surface area contributed by atoms with Crippen LogP contribution >= 0.6 is 0 Å². The number of amides is 1. The molecule has 0 aromatic heterocycles. The number of nitrogen functional groups attached to an aromatic ring is 1. The Morgan fingerprint density at radius 1 is 1.47 bits per heavy atom. The second-order valence-corrected chi connectivity index (χ2v) is 5.18. The molecule has 104 valence electrons. The minimum atomic E-state index is -0.130. The van der Waals surface area contributed by atoms with Crippen molar-refractivity contribution in [2.24, 2.45) is 5.92 Å². The summed E-state index contributed by atoms with van der Waals surface area (Å²) in [6.45, 7) is 8.28. The standard InChI is InChI=1S/C14H21N3O2/c1-4-17(7-9(2)3)12-6-11-13(5-10(12)15)19-8-14(18)16-11/h5-6,9H,4,7-8,15H2,1-3H3,(H,16,18). The van der Waals surface area contributed by atoms with Crippen LogP contribution in [-0.4, -0.2) is 25.6 Å². The lowest BCUT2D eigenvalue weighted by Crippen LogP contribution is -2.29. The molecule has 1 aliphatic rings. The zero-order chi connectivity index (χ0) is 14.0. The summed E-state index contributed by atoms with van der Waals surface area (Å²) < 4.78 is 5.36. The van der Waals surface area contributed by atoms with Gasteiger partial charge in [-0.15, -0.1) is 0 Å². The highest BCUT2D eigenvalue weighted by atomic mass is 16.5. The number of carbonyl (C=O) groups is 1. The van der Waals surface area contributed by atoms with E-state index in [1.54, 1.807) is 6.07 Å². The number of nitrogens with one attached hydrogen (secondary N) is 1. The molecule has 1 heterocycles. The molecule has 0 atom stereocenters. The van der Waals surface area contributed by atoms with Gasteiger partial charge in [0.2, 0.25) is 0 Å². The second-order valence-electron chi connectivity index (χ2n) is 5.18. The maximum atomic E-state index is 11.4. The predicted molar refractivity (Wildman–Crippen MR) is 77.7 cm³/mol. The summed E-state index contributed by atoms with van der Waals surface area (Å²) in [4.78, 5) is 13.6. The quantitative estimate of drug-likeness (QED) is 0.816. The van der Waals surface area contributed by atoms with Crippen molar-refractivity contribution < 1.29 is 9.53 Å². The first-order valence-electron chi connectivity index (χ1n) is 6.62. The summed E-state index contributed by atoms with van der Waals surface area (Å²) in [5.41, 5.74) is 8.42. The highest BCUT2D eigenvalue weighted by molar-refractivity contribution is 5.97. The Kier molecular flexibility index (Phi) is 3.83. The van der Waals surface area contributed by atoms with Gasteiger partial charge in [0, 0.05) is 19.2 Å². The Bertz CT molecular complexity index is 486. The zero-order valence-electron chi connectivity index (χ0n) is 11.7. The average molecular weight is 263 g/mol. The molecule has 1 aromatic rings. The van der Waals surface area contributed by atoms with Gasteiger partial charge in [-0.25, -0.2) is 0 Å². The molecule has 1 aliphatic heterocycles. The van der Waals surface area contributed by atoms with Gasteiger partial charge in [0.15, 0.2) is 6.61 Å². The van der Waals surface area contributed by atoms with Crippen molar-refractivity contribution in [3.8, 4) is 5.75 Å². The lowest BCUT2D eigenvalue weighted by molar-refractivity contribution is -0.118. The summed E-state index contributed by atoms with van der Waals surface area (Å²) in [7, 11) is 0. The average Bonchev–Trinajstić information content (AvgIpc) is 2.35. The summed E-state index contributed by atoms with van der Waals surface area (Å²) in [6.07, 6.45) is 0. The number of hydrogen-bond donors (Lipinski definition) is 2. The largest absolute Gasteiger partial charge is 0.482 e. The smallest absolute Gasteiger partial charge is 0.262 e. The van der Waals surface area contributed by atoms with Crippen LogP contribution in [-0.2, 0) is 4.79 Å². The van der Waals surface area contributed by atoms with Crippen LogP contribution in [0.1, 0.15) is 20.8 Å². The van der Waals surface area contributed by atoms with E-state index >= 15 is 0 Å². The monoisotopic (exact) mass is 263 g/mol. The van der Waals surface area contributed by atoms with E-state index < -0.39 is 0 Å². The Balaban J connectivity index is 2.34. The first kappa shape index (κ1) is 13.5. The first-order chi connectivity index (χ1) is 9.01. The number of hydrogen-bond acceptors (Lipinski definition) is 4. The topological polar surface area (TPSA) is 67.6 Å². The molecule has 0 unspecified atom stereocenters. The van der Waals surface area contributed by atoms with Gasteiger partial charge in [-0.3, -0.25) is 4.79 Å². The van der Waals surface area contributed by atoms with Crippen LogP contribution in [0.25, 0.3) is 0 Å². The summed E-state index contributed by atoms with van der Waals surface area (Å²) >= 11 is 0. The third kappa shape index (κ3) is 2.92. The number of nitrogens with zero attached hydrogens (tertiary/aromatic N) is 1. The maximum absolute atomic E-state index is 11.4.